The maximum absolute atomic E-state index is 11.9. The Bertz CT molecular complexity index is 383. The van der Waals surface area contributed by atoms with Crippen LogP contribution in [0.5, 0.6) is 0 Å². The number of nitrogens with one attached hydrogen (secondary N) is 2. The second-order valence-corrected chi connectivity index (χ2v) is 7.46. The summed E-state index contributed by atoms with van der Waals surface area (Å²) in [5.41, 5.74) is 4.64. The molecule has 0 aliphatic heterocycles. The van der Waals surface area contributed by atoms with Gasteiger partial charge in [0.15, 0.2) is 0 Å². The van der Waals surface area contributed by atoms with Crippen molar-refractivity contribution in [1.82, 2.24) is 10.0 Å². The molecule has 0 unspecified atom stereocenters. The summed E-state index contributed by atoms with van der Waals surface area (Å²) in [6, 6.07) is 0. The van der Waals surface area contributed by atoms with Gasteiger partial charge in [-0.1, -0.05) is 0 Å². The first-order chi connectivity index (χ1) is 7.88. The van der Waals surface area contributed by atoms with Crippen molar-refractivity contribution in [2.45, 2.75) is 39.7 Å². The zero-order valence-electron chi connectivity index (χ0n) is 11.8. The van der Waals surface area contributed by atoms with Gasteiger partial charge in [0.2, 0.25) is 15.9 Å². The lowest BCUT2D eigenvalue weighted by molar-refractivity contribution is -0.132. The second-order valence-electron chi connectivity index (χ2n) is 5.62. The molecule has 1 amide bonds. The van der Waals surface area contributed by atoms with E-state index < -0.39 is 21.0 Å². The number of hydrogen-bond acceptors (Lipinski definition) is 4. The van der Waals surface area contributed by atoms with Crippen molar-refractivity contribution < 1.29 is 13.2 Å². The Morgan fingerprint density at radius 2 is 1.67 bits per heavy atom. The Kier molecular flexibility index (Phi) is 5.77. The lowest BCUT2D eigenvalue weighted by atomic mass is 9.74. The zero-order valence-corrected chi connectivity index (χ0v) is 12.6. The Morgan fingerprint density at radius 1 is 1.17 bits per heavy atom. The summed E-state index contributed by atoms with van der Waals surface area (Å²) < 4.78 is 24.0. The van der Waals surface area contributed by atoms with Gasteiger partial charge in [-0.05, 0) is 34.1 Å². The number of hydrogen-bond donors (Lipinski definition) is 3. The molecule has 0 fully saturated rings. The first-order valence-corrected chi connectivity index (χ1v) is 7.79. The first-order valence-electron chi connectivity index (χ1n) is 5.90. The van der Waals surface area contributed by atoms with Gasteiger partial charge in [0.05, 0.1) is 11.7 Å². The van der Waals surface area contributed by atoms with Gasteiger partial charge in [-0.25, -0.2) is 13.1 Å². The highest BCUT2D eigenvalue weighted by atomic mass is 32.2. The van der Waals surface area contributed by atoms with E-state index in [-0.39, 0.29) is 5.91 Å². The van der Waals surface area contributed by atoms with Gasteiger partial charge in [-0.3, -0.25) is 4.79 Å². The molecule has 6 nitrogen and oxygen atoms in total. The van der Waals surface area contributed by atoms with Crippen molar-refractivity contribution in [3.05, 3.63) is 0 Å². The molecule has 0 aromatic carbocycles. The molecule has 0 bridgehead atoms. The van der Waals surface area contributed by atoms with E-state index in [4.69, 9.17) is 5.73 Å². The molecule has 0 atom stereocenters. The number of rotatable bonds is 7. The van der Waals surface area contributed by atoms with Gasteiger partial charge in [0.25, 0.3) is 0 Å². The summed E-state index contributed by atoms with van der Waals surface area (Å²) >= 11 is 0. The molecule has 18 heavy (non-hydrogen) atoms. The third-order valence-electron chi connectivity index (χ3n) is 3.18. The molecule has 4 N–H and O–H groups in total. The smallest absolute Gasteiger partial charge is 0.227 e. The fraction of sp³-hybridized carbons (Fsp3) is 0.909. The number of carbonyl (C=O) groups excluding carboxylic acids is 1. The SMILES string of the molecule is CC(C)(N)C(C)(C)C(=O)NCCCNS(C)(=O)=O. The van der Waals surface area contributed by atoms with E-state index >= 15 is 0 Å². The fourth-order valence-corrected chi connectivity index (χ4v) is 1.58. The lowest BCUT2D eigenvalue weighted by Gasteiger charge is -2.36. The summed E-state index contributed by atoms with van der Waals surface area (Å²) in [6.07, 6.45) is 1.64. The monoisotopic (exact) mass is 279 g/mol. The molecular formula is C11H25N3O3S. The molecule has 0 radical (unpaired) electrons. The van der Waals surface area contributed by atoms with Crippen LogP contribution in [0.2, 0.25) is 0 Å². The molecule has 0 aromatic rings. The van der Waals surface area contributed by atoms with E-state index in [2.05, 4.69) is 10.0 Å². The first kappa shape index (κ1) is 17.3. The van der Waals surface area contributed by atoms with Crippen LogP contribution >= 0.6 is 0 Å². The fourth-order valence-electron chi connectivity index (χ4n) is 1.06. The average Bonchev–Trinajstić information content (AvgIpc) is 2.13. The maximum Gasteiger partial charge on any atom is 0.227 e. The summed E-state index contributed by atoms with van der Waals surface area (Å²) in [6.45, 7) is 7.91. The van der Waals surface area contributed by atoms with Crippen LogP contribution in [0.1, 0.15) is 34.1 Å². The van der Waals surface area contributed by atoms with Crippen molar-refractivity contribution >= 4 is 15.9 Å². The van der Waals surface area contributed by atoms with Crippen LogP contribution in [0, 0.1) is 5.41 Å². The van der Waals surface area contributed by atoms with E-state index in [9.17, 15) is 13.2 Å². The third kappa shape index (κ3) is 5.79. The standard InChI is InChI=1S/C11H25N3O3S/c1-10(2,11(3,4)12)9(15)13-7-6-8-14-18(5,16)17/h14H,6-8,12H2,1-5H3,(H,13,15). The molecule has 0 rings (SSSR count). The van der Waals surface area contributed by atoms with E-state index in [1.165, 1.54) is 0 Å². The number of amides is 1. The lowest BCUT2D eigenvalue weighted by Crippen LogP contribution is -2.55. The molecule has 0 aliphatic rings. The van der Waals surface area contributed by atoms with Crippen LogP contribution in [0.15, 0.2) is 0 Å². The van der Waals surface area contributed by atoms with Gasteiger partial charge in [0.1, 0.15) is 0 Å². The van der Waals surface area contributed by atoms with Gasteiger partial charge in [0, 0.05) is 18.6 Å². The molecule has 0 saturated heterocycles. The van der Waals surface area contributed by atoms with E-state index in [1.54, 1.807) is 27.7 Å². The Morgan fingerprint density at radius 3 is 2.06 bits per heavy atom. The van der Waals surface area contributed by atoms with Crippen molar-refractivity contribution in [2.24, 2.45) is 11.1 Å². The minimum absolute atomic E-state index is 0.130. The molecule has 0 aliphatic carbocycles. The van der Waals surface area contributed by atoms with Crippen LogP contribution in [0.25, 0.3) is 0 Å². The van der Waals surface area contributed by atoms with Gasteiger partial charge in [-0.15, -0.1) is 0 Å². The molecular weight excluding hydrogens is 254 g/mol. The Hall–Kier alpha value is -0.660. The molecule has 0 heterocycles. The zero-order chi connectivity index (χ0) is 14.6. The van der Waals surface area contributed by atoms with E-state index in [1.807, 2.05) is 0 Å². The van der Waals surface area contributed by atoms with Crippen molar-refractivity contribution in [2.75, 3.05) is 19.3 Å². The number of carbonyl (C=O) groups is 1. The molecule has 0 aromatic heterocycles. The van der Waals surface area contributed by atoms with Crippen molar-refractivity contribution in [1.29, 1.82) is 0 Å². The van der Waals surface area contributed by atoms with Crippen molar-refractivity contribution in [3.8, 4) is 0 Å². The molecule has 7 heteroatoms. The number of nitrogens with two attached hydrogens (primary N) is 1. The normalized spacial score (nSPS) is 13.4. The van der Waals surface area contributed by atoms with E-state index in [0.717, 1.165) is 6.26 Å². The Labute approximate surface area is 110 Å². The third-order valence-corrected chi connectivity index (χ3v) is 3.91. The predicted octanol–water partition coefficient (Wildman–Crippen LogP) is -0.195. The largest absolute Gasteiger partial charge is 0.356 e. The average molecular weight is 279 g/mol. The van der Waals surface area contributed by atoms with Gasteiger partial charge < -0.3 is 11.1 Å². The molecule has 0 saturated carbocycles. The quantitative estimate of drug-likeness (QED) is 0.562. The summed E-state index contributed by atoms with van der Waals surface area (Å²) in [4.78, 5) is 11.9. The topological polar surface area (TPSA) is 101 Å². The minimum atomic E-state index is -3.16. The van der Waals surface area contributed by atoms with Crippen LogP contribution < -0.4 is 15.8 Å². The van der Waals surface area contributed by atoms with Crippen LogP contribution in [-0.2, 0) is 14.8 Å². The van der Waals surface area contributed by atoms with Crippen LogP contribution in [0.3, 0.4) is 0 Å². The predicted molar refractivity (Wildman–Crippen MR) is 72.5 cm³/mol. The molecule has 0 spiro atoms. The Balaban J connectivity index is 4.06. The van der Waals surface area contributed by atoms with Gasteiger partial charge in [-0.2, -0.15) is 0 Å². The highest BCUT2D eigenvalue weighted by Crippen LogP contribution is 2.28. The molecule has 108 valence electrons. The summed E-state index contributed by atoms with van der Waals surface area (Å²) in [5, 5.41) is 2.76. The van der Waals surface area contributed by atoms with Gasteiger partial charge >= 0.3 is 0 Å². The van der Waals surface area contributed by atoms with Crippen LogP contribution in [-0.4, -0.2) is 39.2 Å². The maximum atomic E-state index is 11.9. The van der Waals surface area contributed by atoms with E-state index in [0.29, 0.717) is 19.5 Å². The van der Waals surface area contributed by atoms with Crippen molar-refractivity contribution in [3.63, 3.8) is 0 Å². The van der Waals surface area contributed by atoms with Crippen LogP contribution in [0.4, 0.5) is 0 Å². The highest BCUT2D eigenvalue weighted by molar-refractivity contribution is 7.88. The minimum Gasteiger partial charge on any atom is -0.356 e. The summed E-state index contributed by atoms with van der Waals surface area (Å²) in [7, 11) is -3.16. The summed E-state index contributed by atoms with van der Waals surface area (Å²) in [5.74, 6) is -0.130. The second kappa shape index (κ2) is 5.99. The highest BCUT2D eigenvalue weighted by Gasteiger charge is 2.39. The number of sulfonamides is 1.